The van der Waals surface area contributed by atoms with Gasteiger partial charge in [-0.3, -0.25) is 10.4 Å². The number of aromatic nitrogens is 2. The molecule has 0 amide bonds. The highest BCUT2D eigenvalue weighted by atomic mass is 35.5. The Morgan fingerprint density at radius 2 is 2.43 bits per heavy atom. The molecule has 1 fully saturated rings. The average Bonchev–Trinajstić information content (AvgIpc) is 2.51. The Bertz CT molecular complexity index is 363. The first-order chi connectivity index (χ1) is 6.66. The predicted molar refractivity (Wildman–Crippen MR) is 49.7 cm³/mol. The van der Waals surface area contributed by atoms with Crippen LogP contribution < -0.4 is 20.6 Å². The first kappa shape index (κ1) is 9.86. The predicted octanol–water partition coefficient (Wildman–Crippen LogP) is -0.0921. The summed E-state index contributed by atoms with van der Waals surface area (Å²) in [5.41, 5.74) is -0.178. The number of alkyl halides is 2. The van der Waals surface area contributed by atoms with E-state index in [1.54, 1.807) is 0 Å². The summed E-state index contributed by atoms with van der Waals surface area (Å²) >= 11 is 12.1. The van der Waals surface area contributed by atoms with Gasteiger partial charge in [0, 0.05) is 11.9 Å². The molecule has 1 saturated heterocycles. The van der Waals surface area contributed by atoms with Gasteiger partial charge in [-0.25, -0.2) is 0 Å². The van der Waals surface area contributed by atoms with Crippen molar-refractivity contribution < 1.29 is 9.31 Å². The van der Waals surface area contributed by atoms with Crippen LogP contribution in [0.1, 0.15) is 12.8 Å². The van der Waals surface area contributed by atoms with Crippen LogP contribution in [0.4, 0.5) is 0 Å². The largest absolute Gasteiger partial charge is 0.380 e. The first-order valence-electron chi connectivity index (χ1n) is 4.32. The van der Waals surface area contributed by atoms with Crippen LogP contribution in [0.5, 0.6) is 0 Å². The van der Waals surface area contributed by atoms with Crippen LogP contribution in [-0.4, -0.2) is 17.4 Å². The normalized spacial score (nSPS) is 28.0. The Morgan fingerprint density at radius 1 is 1.64 bits per heavy atom. The fraction of sp³-hybridized carbons (Fsp3) is 0.714. The van der Waals surface area contributed by atoms with Gasteiger partial charge in [-0.1, -0.05) is 4.79 Å². The average molecular weight is 237 g/mol. The van der Waals surface area contributed by atoms with Gasteiger partial charge in [0.2, 0.25) is 0 Å². The van der Waals surface area contributed by atoms with E-state index in [9.17, 15) is 0 Å². The first-order valence-corrected chi connectivity index (χ1v) is 5.19. The molecule has 1 aromatic rings. The topological polar surface area (TPSA) is 58.2 Å². The van der Waals surface area contributed by atoms with Gasteiger partial charge in [-0.05, 0) is 18.1 Å². The van der Waals surface area contributed by atoms with Crippen molar-refractivity contribution in [2.24, 2.45) is 0 Å². The highest BCUT2D eigenvalue weighted by molar-refractivity contribution is 6.24. The van der Waals surface area contributed by atoms with E-state index >= 15 is 0 Å². The van der Waals surface area contributed by atoms with Crippen molar-refractivity contribution in [2.45, 2.75) is 23.7 Å². The minimum absolute atomic E-state index is 0.0156. The summed E-state index contributed by atoms with van der Waals surface area (Å²) in [7, 11) is 0. The molecule has 1 aliphatic heterocycles. The number of piperidine rings is 1. The van der Waals surface area contributed by atoms with Gasteiger partial charge in [0.15, 0.2) is 0 Å². The quantitative estimate of drug-likeness (QED) is 0.422. The number of rotatable bonds is 1. The second kappa shape index (κ2) is 3.82. The Balaban J connectivity index is 2.15. The van der Waals surface area contributed by atoms with Crippen molar-refractivity contribution >= 4 is 23.2 Å². The SMILES string of the molecule is N=c1c[n+](N2CCC(Cl)CC2Cl)[n-]o1. The maximum absolute atomic E-state index is 7.19. The Hall–Kier alpha value is -0.680. The monoisotopic (exact) mass is 236 g/mol. The van der Waals surface area contributed by atoms with Gasteiger partial charge < -0.3 is 4.52 Å². The van der Waals surface area contributed by atoms with E-state index < -0.39 is 0 Å². The van der Waals surface area contributed by atoms with Crippen LogP contribution in [0.25, 0.3) is 0 Å². The molecular weight excluding hydrogens is 227 g/mol. The fourth-order valence-electron chi connectivity index (χ4n) is 1.45. The molecule has 0 spiro atoms. The summed E-state index contributed by atoms with van der Waals surface area (Å²) in [5.74, 6) is 0. The number of hydrogen-bond acceptors (Lipinski definition) is 3. The summed E-state index contributed by atoms with van der Waals surface area (Å²) in [6.07, 6.45) is 3.04. The molecular formula is C7H10Cl2N4O. The van der Waals surface area contributed by atoms with Gasteiger partial charge in [0.05, 0.1) is 5.50 Å². The van der Waals surface area contributed by atoms with Crippen LogP contribution >= 0.6 is 23.2 Å². The van der Waals surface area contributed by atoms with E-state index in [0.29, 0.717) is 6.42 Å². The van der Waals surface area contributed by atoms with Crippen LogP contribution in [0.3, 0.4) is 0 Å². The number of nitrogens with zero attached hydrogens (tertiary/aromatic N) is 3. The third-order valence-electron chi connectivity index (χ3n) is 2.16. The lowest BCUT2D eigenvalue weighted by Gasteiger charge is -2.34. The summed E-state index contributed by atoms with van der Waals surface area (Å²) < 4.78 is 4.64. The van der Waals surface area contributed by atoms with E-state index in [-0.39, 0.29) is 16.4 Å². The van der Waals surface area contributed by atoms with Crippen LogP contribution in [0, 0.1) is 5.41 Å². The third kappa shape index (κ3) is 1.88. The molecule has 2 atom stereocenters. The van der Waals surface area contributed by atoms with Gasteiger partial charge in [-0.15, -0.1) is 23.2 Å². The Labute approximate surface area is 90.6 Å². The molecule has 2 unspecified atom stereocenters. The standard InChI is InChI=1S/C7H10Cl2N4O/c8-5-1-2-12(6(9)3-5)13-4-7(10)14-11-13/h4-6,10H,1-3H2. The zero-order valence-electron chi connectivity index (χ0n) is 7.36. The second-order valence-corrected chi connectivity index (χ2v) is 4.33. The maximum atomic E-state index is 7.19. The molecule has 0 aliphatic carbocycles. The van der Waals surface area contributed by atoms with Crippen LogP contribution in [-0.2, 0) is 0 Å². The second-order valence-electron chi connectivity index (χ2n) is 3.21. The smallest absolute Gasteiger partial charge is 0.286 e. The van der Waals surface area contributed by atoms with Gasteiger partial charge >= 0.3 is 0 Å². The van der Waals surface area contributed by atoms with E-state index in [0.717, 1.165) is 13.0 Å². The zero-order valence-corrected chi connectivity index (χ0v) is 8.87. The van der Waals surface area contributed by atoms with Crippen molar-refractivity contribution in [1.82, 2.24) is 5.27 Å². The van der Waals surface area contributed by atoms with E-state index in [2.05, 4.69) is 9.79 Å². The molecule has 1 N–H and O–H groups in total. The molecule has 0 saturated carbocycles. The molecule has 0 aromatic carbocycles. The van der Waals surface area contributed by atoms with Crippen LogP contribution in [0.15, 0.2) is 10.7 Å². The number of hydrogen-bond donors (Lipinski definition) is 1. The van der Waals surface area contributed by atoms with Crippen molar-refractivity contribution in [3.63, 3.8) is 0 Å². The number of halogens is 2. The molecule has 1 aliphatic rings. The minimum Gasteiger partial charge on any atom is -0.380 e. The van der Waals surface area contributed by atoms with E-state index in [1.165, 1.54) is 11.0 Å². The maximum Gasteiger partial charge on any atom is 0.286 e. The third-order valence-corrected chi connectivity index (χ3v) is 2.96. The van der Waals surface area contributed by atoms with Crippen molar-refractivity contribution in [1.29, 1.82) is 5.41 Å². The van der Waals surface area contributed by atoms with Crippen molar-refractivity contribution in [2.75, 3.05) is 11.6 Å². The summed E-state index contributed by atoms with van der Waals surface area (Å²) in [5, 5.41) is 12.8. The molecule has 0 radical (unpaired) electrons. The van der Waals surface area contributed by atoms with Crippen molar-refractivity contribution in [3.05, 3.63) is 11.8 Å². The summed E-state index contributed by atoms with van der Waals surface area (Å²) in [6.45, 7) is 0.721. The van der Waals surface area contributed by atoms with Crippen LogP contribution in [0.2, 0.25) is 0 Å². The highest BCUT2D eigenvalue weighted by Gasteiger charge is 2.26. The summed E-state index contributed by atoms with van der Waals surface area (Å²) in [6, 6.07) is 0. The molecule has 0 bridgehead atoms. The molecule has 14 heavy (non-hydrogen) atoms. The molecule has 1 aromatic heterocycles. The Kier molecular flexibility index (Phi) is 2.69. The lowest BCUT2D eigenvalue weighted by atomic mass is 10.1. The Morgan fingerprint density at radius 3 is 3.00 bits per heavy atom. The molecule has 7 heteroatoms. The van der Waals surface area contributed by atoms with Gasteiger partial charge in [0.1, 0.15) is 0 Å². The van der Waals surface area contributed by atoms with Gasteiger partial charge in [-0.2, -0.15) is 0 Å². The fourth-order valence-corrected chi connectivity index (χ4v) is 2.21. The molecule has 2 rings (SSSR count). The van der Waals surface area contributed by atoms with Gasteiger partial charge in [0.25, 0.3) is 11.8 Å². The lowest BCUT2D eigenvalue weighted by Crippen LogP contribution is -2.65. The zero-order chi connectivity index (χ0) is 10.1. The molecule has 2 heterocycles. The molecule has 5 nitrogen and oxygen atoms in total. The van der Waals surface area contributed by atoms with E-state index in [1.807, 2.05) is 5.01 Å². The van der Waals surface area contributed by atoms with Crippen molar-refractivity contribution in [3.8, 4) is 0 Å². The highest BCUT2D eigenvalue weighted by Crippen LogP contribution is 2.20. The lowest BCUT2D eigenvalue weighted by molar-refractivity contribution is -0.766. The summed E-state index contributed by atoms with van der Waals surface area (Å²) in [4.78, 5) is 1.46. The number of nitrogens with one attached hydrogen (secondary N) is 1. The minimum atomic E-state index is -0.194. The molecule has 78 valence electrons. The van der Waals surface area contributed by atoms with E-state index in [4.69, 9.17) is 28.6 Å².